The average molecular weight is 881 g/mol. The molecule has 2 saturated carbocycles. The fourth-order valence-electron chi connectivity index (χ4n) is 10.4. The summed E-state index contributed by atoms with van der Waals surface area (Å²) in [7, 11) is 0. The molecule has 0 bridgehead atoms. The molecule has 8 nitrogen and oxygen atoms in total. The van der Waals surface area contributed by atoms with Crippen molar-refractivity contribution in [2.45, 2.75) is 101 Å². The predicted octanol–water partition coefficient (Wildman–Crippen LogP) is 13.2. The smallest absolute Gasteiger partial charge is 0.324 e. The number of Topliss-reactive ketones (excluding diaryl/α,β-unsaturated/α-hetero) is 2. The summed E-state index contributed by atoms with van der Waals surface area (Å²) >= 11 is 0. The summed E-state index contributed by atoms with van der Waals surface area (Å²) in [6.07, 6.45) is 11.4. The molecule has 0 radical (unpaired) electrons. The largest absolute Gasteiger partial charge is 0.483 e. The fourth-order valence-corrected chi connectivity index (χ4v) is 10.4. The minimum atomic E-state index is -1.52. The van der Waals surface area contributed by atoms with E-state index in [9.17, 15) is 19.2 Å². The monoisotopic (exact) mass is 880 g/mol. The Morgan fingerprint density at radius 3 is 1.26 bits per heavy atom. The normalized spacial score (nSPS) is 22.9. The van der Waals surface area contributed by atoms with Crippen molar-refractivity contribution in [1.82, 2.24) is 0 Å². The number of fused-ring (bicyclic) bond motifs is 4. The van der Waals surface area contributed by atoms with Crippen LogP contribution in [0.4, 0.5) is 0 Å². The molecule has 4 atom stereocenters. The summed E-state index contributed by atoms with van der Waals surface area (Å²) in [5, 5.41) is 4.22. The Morgan fingerprint density at radius 1 is 0.500 bits per heavy atom. The molecule has 8 heteroatoms. The van der Waals surface area contributed by atoms with Crippen LogP contribution in [0.2, 0.25) is 0 Å². The maximum atomic E-state index is 14.0. The fraction of sp³-hybridized carbons (Fsp3) is 0.310. The Balaban J connectivity index is 0.000000166. The van der Waals surface area contributed by atoms with Crippen molar-refractivity contribution in [3.63, 3.8) is 0 Å². The van der Waals surface area contributed by atoms with Crippen LogP contribution in [0.15, 0.2) is 159 Å². The molecule has 0 spiro atoms. The predicted molar refractivity (Wildman–Crippen MR) is 257 cm³/mol. The summed E-state index contributed by atoms with van der Waals surface area (Å²) in [6.45, 7) is 7.76. The number of benzene rings is 6. The number of ether oxygens (including phenoxy) is 4. The molecule has 66 heavy (non-hydrogen) atoms. The molecular formula is C58H56O8. The van der Waals surface area contributed by atoms with E-state index in [1.54, 1.807) is 48.6 Å². The maximum absolute atomic E-state index is 14.0. The molecule has 0 saturated heterocycles. The van der Waals surface area contributed by atoms with E-state index in [4.69, 9.17) is 18.9 Å². The van der Waals surface area contributed by atoms with Crippen LogP contribution in [0.3, 0.4) is 0 Å². The quantitative estimate of drug-likeness (QED) is 0.0761. The first kappa shape index (κ1) is 44.4. The van der Waals surface area contributed by atoms with Gasteiger partial charge in [0.1, 0.15) is 35.9 Å². The van der Waals surface area contributed by atoms with E-state index in [0.29, 0.717) is 22.6 Å². The van der Waals surface area contributed by atoms with Gasteiger partial charge in [0.05, 0.1) is 11.1 Å². The SMILES string of the molecule is C=CC[C@@]1(C(=O)OC2CCCCC2)C(=O)c2ccccc2O[C@@H]1c1ccc2ccccc2c1.C=CC[C@@]1(C(=O)OC2CCCCC2)C(=O)c2ccccc2O[C@@H]1c1ccc2ccccc2c1. The average Bonchev–Trinajstić information content (AvgIpc) is 3.36. The van der Waals surface area contributed by atoms with Crippen LogP contribution in [-0.2, 0) is 19.1 Å². The molecule has 0 aromatic heterocycles. The van der Waals surface area contributed by atoms with E-state index in [0.717, 1.165) is 96.9 Å². The number of hydrogen-bond acceptors (Lipinski definition) is 8. The van der Waals surface area contributed by atoms with Gasteiger partial charge in [-0.1, -0.05) is 122 Å². The van der Waals surface area contributed by atoms with E-state index in [1.807, 2.05) is 97.1 Å². The van der Waals surface area contributed by atoms with Crippen LogP contribution in [0.25, 0.3) is 21.5 Å². The highest BCUT2D eigenvalue weighted by Crippen LogP contribution is 2.52. The molecule has 4 aliphatic rings. The van der Waals surface area contributed by atoms with Crippen molar-refractivity contribution in [2.24, 2.45) is 10.8 Å². The Kier molecular flexibility index (Phi) is 13.0. The molecular weight excluding hydrogens is 825 g/mol. The molecule has 6 aromatic carbocycles. The molecule has 2 aliphatic heterocycles. The van der Waals surface area contributed by atoms with Gasteiger partial charge in [-0.15, -0.1) is 13.2 Å². The van der Waals surface area contributed by atoms with E-state index >= 15 is 0 Å². The molecule has 10 rings (SSSR count). The van der Waals surface area contributed by atoms with Gasteiger partial charge in [0.25, 0.3) is 0 Å². The van der Waals surface area contributed by atoms with Crippen molar-refractivity contribution < 1.29 is 38.1 Å². The molecule has 2 aliphatic carbocycles. The van der Waals surface area contributed by atoms with Crippen LogP contribution in [0, 0.1) is 10.8 Å². The Morgan fingerprint density at radius 2 is 0.864 bits per heavy atom. The zero-order chi connectivity index (χ0) is 45.7. The Bertz CT molecular complexity index is 2600. The number of allylic oxidation sites excluding steroid dienone is 2. The molecule has 6 aromatic rings. The standard InChI is InChI=1S/2C29H28O4/c2*1-2-18-29(28(31)32-23-12-4-3-5-13-23)26(30)24-14-8-9-15-25(24)33-27(29)22-17-16-20-10-6-7-11-21(20)19-22/h2*2,6-11,14-17,19,23,27H,1,3-5,12-13,18H2/t2*27-,29-/m11/s1. The van der Waals surface area contributed by atoms with Crippen LogP contribution in [0.5, 0.6) is 11.5 Å². The Labute approximate surface area is 386 Å². The van der Waals surface area contributed by atoms with Crippen molar-refractivity contribution >= 4 is 45.0 Å². The first-order valence-electron chi connectivity index (χ1n) is 23.5. The second-order valence-electron chi connectivity index (χ2n) is 18.1. The molecule has 0 unspecified atom stereocenters. The van der Waals surface area contributed by atoms with E-state index in [-0.39, 0.29) is 36.6 Å². The zero-order valence-electron chi connectivity index (χ0n) is 37.3. The molecule has 0 N–H and O–H groups in total. The summed E-state index contributed by atoms with van der Waals surface area (Å²) in [5.74, 6) is -0.554. The number of para-hydroxylation sites is 2. The molecule has 2 heterocycles. The van der Waals surface area contributed by atoms with E-state index in [2.05, 4.69) is 13.2 Å². The van der Waals surface area contributed by atoms with Gasteiger partial charge in [0.2, 0.25) is 0 Å². The number of rotatable bonds is 10. The van der Waals surface area contributed by atoms with Crippen molar-refractivity contribution in [3.05, 3.63) is 181 Å². The van der Waals surface area contributed by atoms with Crippen LogP contribution < -0.4 is 9.47 Å². The lowest BCUT2D eigenvalue weighted by Gasteiger charge is -2.41. The lowest BCUT2D eigenvalue weighted by Crippen LogP contribution is -2.51. The number of carbonyl (C=O) groups excluding carboxylic acids is 4. The number of ketones is 2. The third-order valence-corrected chi connectivity index (χ3v) is 13.9. The number of carbonyl (C=O) groups is 4. The van der Waals surface area contributed by atoms with Gasteiger partial charge < -0.3 is 18.9 Å². The first-order valence-corrected chi connectivity index (χ1v) is 23.5. The lowest BCUT2D eigenvalue weighted by atomic mass is 9.69. The maximum Gasteiger partial charge on any atom is 0.324 e. The van der Waals surface area contributed by atoms with Crippen molar-refractivity contribution in [2.75, 3.05) is 0 Å². The highest BCUT2D eigenvalue weighted by Gasteiger charge is 2.60. The number of hydrogen-bond donors (Lipinski definition) is 0. The highest BCUT2D eigenvalue weighted by molar-refractivity contribution is 6.16. The van der Waals surface area contributed by atoms with Crippen molar-refractivity contribution in [3.8, 4) is 11.5 Å². The van der Waals surface area contributed by atoms with Crippen LogP contribution >= 0.6 is 0 Å². The minimum absolute atomic E-state index is 0.142. The minimum Gasteiger partial charge on any atom is -0.483 e. The van der Waals surface area contributed by atoms with E-state index < -0.39 is 35.0 Å². The van der Waals surface area contributed by atoms with Crippen LogP contribution in [0.1, 0.15) is 121 Å². The lowest BCUT2D eigenvalue weighted by molar-refractivity contribution is -0.167. The van der Waals surface area contributed by atoms with Gasteiger partial charge in [0.15, 0.2) is 22.4 Å². The van der Waals surface area contributed by atoms with E-state index in [1.165, 1.54) is 0 Å². The van der Waals surface area contributed by atoms with Crippen molar-refractivity contribution in [1.29, 1.82) is 0 Å². The summed E-state index contributed by atoms with van der Waals surface area (Å²) in [6, 6.07) is 42.2. The Hall–Kier alpha value is -6.80. The topological polar surface area (TPSA) is 105 Å². The second kappa shape index (κ2) is 19.4. The van der Waals surface area contributed by atoms with Gasteiger partial charge in [-0.25, -0.2) is 0 Å². The molecule has 336 valence electrons. The highest BCUT2D eigenvalue weighted by atomic mass is 16.6. The molecule has 2 fully saturated rings. The first-order chi connectivity index (χ1) is 32.3. The third-order valence-electron chi connectivity index (χ3n) is 13.9. The summed E-state index contributed by atoms with van der Waals surface area (Å²) in [4.78, 5) is 55.8. The zero-order valence-corrected chi connectivity index (χ0v) is 37.3. The second-order valence-corrected chi connectivity index (χ2v) is 18.1. The summed E-state index contributed by atoms with van der Waals surface area (Å²) < 4.78 is 24.9. The summed E-state index contributed by atoms with van der Waals surface area (Å²) in [5.41, 5.74) is -0.654. The van der Waals surface area contributed by atoms with Gasteiger partial charge in [-0.2, -0.15) is 0 Å². The van der Waals surface area contributed by atoms with Gasteiger partial charge in [-0.05, 0) is 133 Å². The molecule has 0 amide bonds. The van der Waals surface area contributed by atoms with Gasteiger partial charge in [-0.3, -0.25) is 19.2 Å². The number of esters is 2. The third kappa shape index (κ3) is 8.34. The van der Waals surface area contributed by atoms with Gasteiger partial charge >= 0.3 is 11.9 Å². The van der Waals surface area contributed by atoms with Gasteiger partial charge in [0, 0.05) is 0 Å². The van der Waals surface area contributed by atoms with Crippen LogP contribution in [-0.4, -0.2) is 35.7 Å².